The molecular weight excluding hydrogens is 142 g/mol. The molecule has 0 heterocycles. The van der Waals surface area contributed by atoms with E-state index in [0.717, 1.165) is 6.61 Å². The van der Waals surface area contributed by atoms with Crippen LogP contribution in [0.1, 0.15) is 20.8 Å². The largest absolute Gasteiger partial charge is 0.380 e. The van der Waals surface area contributed by atoms with Gasteiger partial charge in [-0.15, -0.1) is 0 Å². The Morgan fingerprint density at radius 1 is 1.27 bits per heavy atom. The molecule has 0 bridgehead atoms. The Bertz CT molecular complexity index is 86.2. The highest BCUT2D eigenvalue weighted by Crippen LogP contribution is 1.90. The second kappa shape index (κ2) is 6.58. The quantitative estimate of drug-likeness (QED) is 0.626. The Balaban J connectivity index is 3.15. The van der Waals surface area contributed by atoms with E-state index in [9.17, 15) is 0 Å². The van der Waals surface area contributed by atoms with Crippen molar-refractivity contribution in [2.24, 2.45) is 5.73 Å². The molecule has 0 radical (unpaired) electrons. The Hall–Kier alpha value is -0.120. The summed E-state index contributed by atoms with van der Waals surface area (Å²) in [6, 6.07) is 0.0114. The molecular formula is C8H19NO2. The van der Waals surface area contributed by atoms with Crippen molar-refractivity contribution < 1.29 is 9.47 Å². The molecule has 0 fully saturated rings. The topological polar surface area (TPSA) is 44.5 Å². The monoisotopic (exact) mass is 161 g/mol. The molecule has 0 aromatic carbocycles. The summed E-state index contributed by atoms with van der Waals surface area (Å²) in [7, 11) is 0. The standard InChI is InChI=1S/C8H19NO2/c1-4-10-5-8(9)6-11-7(2)3/h7-8H,4-6,9H2,1-3H3. The molecule has 0 spiro atoms. The summed E-state index contributed by atoms with van der Waals surface area (Å²) in [5.41, 5.74) is 5.66. The summed E-state index contributed by atoms with van der Waals surface area (Å²) in [6.07, 6.45) is 0.252. The molecule has 0 saturated carbocycles. The molecule has 0 aliphatic carbocycles. The average molecular weight is 161 g/mol. The van der Waals surface area contributed by atoms with Crippen LogP contribution in [0, 0.1) is 0 Å². The van der Waals surface area contributed by atoms with Gasteiger partial charge < -0.3 is 15.2 Å². The first kappa shape index (κ1) is 10.9. The summed E-state index contributed by atoms with van der Waals surface area (Å²) >= 11 is 0. The van der Waals surface area contributed by atoms with Crippen LogP contribution in [0.5, 0.6) is 0 Å². The third kappa shape index (κ3) is 7.78. The highest BCUT2D eigenvalue weighted by atomic mass is 16.5. The first-order valence-corrected chi connectivity index (χ1v) is 4.11. The molecule has 0 aromatic rings. The maximum absolute atomic E-state index is 5.66. The van der Waals surface area contributed by atoms with Crippen molar-refractivity contribution in [1.82, 2.24) is 0 Å². The smallest absolute Gasteiger partial charge is 0.0643 e. The summed E-state index contributed by atoms with van der Waals surface area (Å²) < 4.78 is 10.4. The van der Waals surface area contributed by atoms with Gasteiger partial charge in [0.05, 0.1) is 25.4 Å². The van der Waals surface area contributed by atoms with Crippen LogP contribution < -0.4 is 5.73 Å². The van der Waals surface area contributed by atoms with Crippen LogP contribution in [0.25, 0.3) is 0 Å². The van der Waals surface area contributed by atoms with E-state index in [2.05, 4.69) is 0 Å². The predicted molar refractivity (Wildman–Crippen MR) is 45.6 cm³/mol. The van der Waals surface area contributed by atoms with Crippen molar-refractivity contribution in [3.63, 3.8) is 0 Å². The van der Waals surface area contributed by atoms with Crippen molar-refractivity contribution in [3.8, 4) is 0 Å². The van der Waals surface area contributed by atoms with E-state index in [1.807, 2.05) is 20.8 Å². The highest BCUT2D eigenvalue weighted by molar-refractivity contribution is 4.58. The van der Waals surface area contributed by atoms with Gasteiger partial charge in [-0.2, -0.15) is 0 Å². The molecule has 2 N–H and O–H groups in total. The van der Waals surface area contributed by atoms with Gasteiger partial charge in [0, 0.05) is 6.61 Å². The maximum atomic E-state index is 5.66. The third-order valence-corrected chi connectivity index (χ3v) is 1.18. The average Bonchev–Trinajstić information content (AvgIpc) is 1.97. The molecule has 3 nitrogen and oxygen atoms in total. The fourth-order valence-corrected chi connectivity index (χ4v) is 0.633. The Morgan fingerprint density at radius 3 is 2.36 bits per heavy atom. The third-order valence-electron chi connectivity index (χ3n) is 1.18. The van der Waals surface area contributed by atoms with Gasteiger partial charge in [0.25, 0.3) is 0 Å². The summed E-state index contributed by atoms with van der Waals surface area (Å²) in [4.78, 5) is 0. The van der Waals surface area contributed by atoms with E-state index in [1.165, 1.54) is 0 Å². The number of rotatable bonds is 6. The minimum atomic E-state index is 0.0114. The van der Waals surface area contributed by atoms with Gasteiger partial charge in [-0.3, -0.25) is 0 Å². The first-order chi connectivity index (χ1) is 5.16. The van der Waals surface area contributed by atoms with Gasteiger partial charge in [-0.1, -0.05) is 0 Å². The van der Waals surface area contributed by atoms with E-state index >= 15 is 0 Å². The van der Waals surface area contributed by atoms with Gasteiger partial charge in [0.15, 0.2) is 0 Å². The minimum Gasteiger partial charge on any atom is -0.380 e. The highest BCUT2D eigenvalue weighted by Gasteiger charge is 2.02. The van der Waals surface area contributed by atoms with Crippen LogP contribution in [0.4, 0.5) is 0 Å². The molecule has 0 aliphatic rings. The summed E-state index contributed by atoms with van der Waals surface area (Å²) in [5.74, 6) is 0. The van der Waals surface area contributed by atoms with Gasteiger partial charge in [-0.05, 0) is 20.8 Å². The van der Waals surface area contributed by atoms with Gasteiger partial charge >= 0.3 is 0 Å². The lowest BCUT2D eigenvalue weighted by molar-refractivity contribution is 0.0411. The lowest BCUT2D eigenvalue weighted by atomic mass is 10.3. The Kier molecular flexibility index (Phi) is 6.51. The Morgan fingerprint density at radius 2 is 1.91 bits per heavy atom. The SMILES string of the molecule is CCOCC(N)COC(C)C. The molecule has 0 rings (SSSR count). The fraction of sp³-hybridized carbons (Fsp3) is 1.00. The lowest BCUT2D eigenvalue weighted by Gasteiger charge is -2.13. The zero-order valence-corrected chi connectivity index (χ0v) is 7.67. The van der Waals surface area contributed by atoms with Crippen LogP contribution in [-0.4, -0.2) is 32.0 Å². The fourth-order valence-electron chi connectivity index (χ4n) is 0.633. The van der Waals surface area contributed by atoms with Crippen LogP contribution in [0.15, 0.2) is 0 Å². The second-order valence-electron chi connectivity index (χ2n) is 2.80. The van der Waals surface area contributed by atoms with Crippen molar-refractivity contribution in [2.75, 3.05) is 19.8 Å². The van der Waals surface area contributed by atoms with Gasteiger partial charge in [0.2, 0.25) is 0 Å². The predicted octanol–water partition coefficient (Wildman–Crippen LogP) is 0.775. The minimum absolute atomic E-state index is 0.0114. The van der Waals surface area contributed by atoms with Crippen LogP contribution >= 0.6 is 0 Å². The van der Waals surface area contributed by atoms with Gasteiger partial charge in [-0.25, -0.2) is 0 Å². The van der Waals surface area contributed by atoms with Crippen molar-refractivity contribution >= 4 is 0 Å². The van der Waals surface area contributed by atoms with Crippen molar-refractivity contribution in [1.29, 1.82) is 0 Å². The van der Waals surface area contributed by atoms with Crippen LogP contribution in [-0.2, 0) is 9.47 Å². The van der Waals surface area contributed by atoms with E-state index in [-0.39, 0.29) is 12.1 Å². The van der Waals surface area contributed by atoms with Crippen LogP contribution in [0.2, 0.25) is 0 Å². The lowest BCUT2D eigenvalue weighted by Crippen LogP contribution is -2.32. The summed E-state index contributed by atoms with van der Waals surface area (Å²) in [6.45, 7) is 7.83. The number of nitrogens with two attached hydrogens (primary N) is 1. The molecule has 0 aromatic heterocycles. The molecule has 0 amide bonds. The van der Waals surface area contributed by atoms with E-state index < -0.39 is 0 Å². The van der Waals surface area contributed by atoms with E-state index in [1.54, 1.807) is 0 Å². The molecule has 0 aliphatic heterocycles. The van der Waals surface area contributed by atoms with Crippen molar-refractivity contribution in [3.05, 3.63) is 0 Å². The Labute approximate surface area is 68.9 Å². The summed E-state index contributed by atoms with van der Waals surface area (Å²) in [5, 5.41) is 0. The number of hydrogen-bond acceptors (Lipinski definition) is 3. The van der Waals surface area contributed by atoms with E-state index in [0.29, 0.717) is 13.2 Å². The van der Waals surface area contributed by atoms with E-state index in [4.69, 9.17) is 15.2 Å². The number of ether oxygens (including phenoxy) is 2. The molecule has 11 heavy (non-hydrogen) atoms. The van der Waals surface area contributed by atoms with Crippen molar-refractivity contribution in [2.45, 2.75) is 32.9 Å². The molecule has 0 saturated heterocycles. The normalized spacial score (nSPS) is 13.9. The maximum Gasteiger partial charge on any atom is 0.0643 e. The molecule has 3 heteroatoms. The zero-order valence-electron chi connectivity index (χ0n) is 7.67. The molecule has 1 unspecified atom stereocenters. The van der Waals surface area contributed by atoms with Crippen LogP contribution in [0.3, 0.4) is 0 Å². The second-order valence-corrected chi connectivity index (χ2v) is 2.80. The first-order valence-electron chi connectivity index (χ1n) is 4.11. The molecule has 68 valence electrons. The zero-order chi connectivity index (χ0) is 8.69. The van der Waals surface area contributed by atoms with Gasteiger partial charge in [0.1, 0.15) is 0 Å². The molecule has 1 atom stereocenters. The number of hydrogen-bond donors (Lipinski definition) is 1.